The summed E-state index contributed by atoms with van der Waals surface area (Å²) in [7, 11) is 1.75. The van der Waals surface area contributed by atoms with Gasteiger partial charge in [0.2, 0.25) is 5.91 Å². The normalized spacial score (nSPS) is 21.9. The largest absolute Gasteiger partial charge is 0.369 e. The third kappa shape index (κ3) is 5.22. The Balaban J connectivity index is 1.39. The summed E-state index contributed by atoms with van der Waals surface area (Å²) >= 11 is 0. The average molecular weight is 390 g/mol. The fourth-order valence-corrected chi connectivity index (χ4v) is 4.06. The van der Waals surface area contributed by atoms with Crippen LogP contribution in [-0.4, -0.2) is 56.5 Å². The van der Waals surface area contributed by atoms with Crippen molar-refractivity contribution in [1.29, 1.82) is 0 Å². The van der Waals surface area contributed by atoms with Crippen molar-refractivity contribution in [2.75, 3.05) is 39.8 Å². The third-order valence-corrected chi connectivity index (χ3v) is 5.97. The summed E-state index contributed by atoms with van der Waals surface area (Å²) in [6, 6.07) is 7.05. The van der Waals surface area contributed by atoms with Gasteiger partial charge in [0, 0.05) is 32.1 Å². The van der Waals surface area contributed by atoms with Crippen LogP contribution in [0, 0.1) is 11.7 Å². The van der Waals surface area contributed by atoms with E-state index in [1.807, 2.05) is 12.1 Å². The molecule has 154 valence electrons. The number of likely N-dealkylation sites (tertiary alicyclic amines) is 1. The minimum absolute atomic E-state index is 0.00995. The molecule has 2 aliphatic rings. The van der Waals surface area contributed by atoms with Gasteiger partial charge in [0.1, 0.15) is 5.82 Å². The van der Waals surface area contributed by atoms with E-state index in [4.69, 9.17) is 5.73 Å². The molecule has 1 aliphatic carbocycles. The number of nitrogens with two attached hydrogens (primary N) is 1. The first-order valence-electron chi connectivity index (χ1n) is 10.3. The topological polar surface area (TPSA) is 82.8 Å². The van der Waals surface area contributed by atoms with Gasteiger partial charge in [-0.3, -0.25) is 9.79 Å². The van der Waals surface area contributed by atoms with E-state index in [2.05, 4.69) is 20.5 Å². The fraction of sp³-hybridized carbons (Fsp3) is 0.619. The van der Waals surface area contributed by atoms with Crippen LogP contribution < -0.4 is 16.4 Å². The molecule has 0 radical (unpaired) electrons. The maximum absolute atomic E-state index is 14.1. The number of hydrogen-bond donors (Lipinski definition) is 3. The van der Waals surface area contributed by atoms with E-state index in [9.17, 15) is 9.18 Å². The lowest BCUT2D eigenvalue weighted by Gasteiger charge is -2.31. The van der Waals surface area contributed by atoms with Crippen LogP contribution in [0.2, 0.25) is 0 Å². The predicted molar refractivity (Wildman–Crippen MR) is 110 cm³/mol. The lowest BCUT2D eigenvalue weighted by atomic mass is 9.95. The number of halogens is 1. The molecule has 0 bridgehead atoms. The molecule has 3 rings (SSSR count). The highest BCUT2D eigenvalue weighted by Crippen LogP contribution is 2.48. The second-order valence-corrected chi connectivity index (χ2v) is 8.01. The molecule has 1 unspecified atom stereocenters. The van der Waals surface area contributed by atoms with Gasteiger partial charge < -0.3 is 21.3 Å². The fourth-order valence-electron chi connectivity index (χ4n) is 4.06. The van der Waals surface area contributed by atoms with Gasteiger partial charge in [0.15, 0.2) is 5.96 Å². The molecule has 28 heavy (non-hydrogen) atoms. The van der Waals surface area contributed by atoms with Crippen LogP contribution in [0.1, 0.15) is 37.7 Å². The summed E-state index contributed by atoms with van der Waals surface area (Å²) in [6.07, 6.45) is 4.89. The Morgan fingerprint density at radius 1 is 1.36 bits per heavy atom. The van der Waals surface area contributed by atoms with Gasteiger partial charge in [0.25, 0.3) is 0 Å². The van der Waals surface area contributed by atoms with Crippen molar-refractivity contribution in [3.63, 3.8) is 0 Å². The van der Waals surface area contributed by atoms with Crippen molar-refractivity contribution in [1.82, 2.24) is 15.5 Å². The molecule has 7 heteroatoms. The van der Waals surface area contributed by atoms with Crippen LogP contribution in [0.4, 0.5) is 4.39 Å². The van der Waals surface area contributed by atoms with Gasteiger partial charge in [-0.1, -0.05) is 18.2 Å². The first-order valence-corrected chi connectivity index (χ1v) is 10.3. The lowest BCUT2D eigenvalue weighted by Crippen LogP contribution is -2.44. The molecule has 1 aromatic carbocycles. The molecular weight excluding hydrogens is 357 g/mol. The van der Waals surface area contributed by atoms with Crippen molar-refractivity contribution >= 4 is 11.9 Å². The van der Waals surface area contributed by atoms with Crippen LogP contribution in [0.5, 0.6) is 0 Å². The van der Waals surface area contributed by atoms with E-state index in [1.54, 1.807) is 13.1 Å². The first kappa shape index (κ1) is 20.6. The highest BCUT2D eigenvalue weighted by atomic mass is 19.1. The Morgan fingerprint density at radius 2 is 2.14 bits per heavy atom. The zero-order chi connectivity index (χ0) is 20.0. The van der Waals surface area contributed by atoms with Gasteiger partial charge >= 0.3 is 0 Å². The van der Waals surface area contributed by atoms with E-state index < -0.39 is 0 Å². The number of benzene rings is 1. The third-order valence-electron chi connectivity index (χ3n) is 5.97. The molecular formula is C21H32FN5O. The summed E-state index contributed by atoms with van der Waals surface area (Å²) in [4.78, 5) is 18.0. The Bertz CT molecular complexity index is 704. The summed E-state index contributed by atoms with van der Waals surface area (Å²) in [5.41, 5.74) is 6.13. The molecule has 0 spiro atoms. The number of rotatable bonds is 8. The number of aliphatic imine (C=N–C) groups is 1. The van der Waals surface area contributed by atoms with Crippen LogP contribution in [0.3, 0.4) is 0 Å². The van der Waals surface area contributed by atoms with E-state index in [1.165, 1.54) is 6.07 Å². The molecule has 1 heterocycles. The molecule has 1 saturated heterocycles. The number of primary amides is 1. The number of carbonyl (C=O) groups is 1. The number of guanidine groups is 1. The molecule has 1 amide bonds. The van der Waals surface area contributed by atoms with Gasteiger partial charge in [-0.2, -0.15) is 0 Å². The summed E-state index contributed by atoms with van der Waals surface area (Å²) in [6.45, 7) is 4.21. The number of hydrogen-bond acceptors (Lipinski definition) is 3. The first-order chi connectivity index (χ1) is 13.5. The maximum Gasteiger partial charge on any atom is 0.221 e. The molecule has 0 aromatic heterocycles. The van der Waals surface area contributed by atoms with Crippen molar-refractivity contribution in [2.45, 2.75) is 37.5 Å². The Morgan fingerprint density at radius 3 is 2.82 bits per heavy atom. The number of piperidine rings is 1. The van der Waals surface area contributed by atoms with Crippen molar-refractivity contribution < 1.29 is 9.18 Å². The van der Waals surface area contributed by atoms with Crippen LogP contribution in [0.15, 0.2) is 29.3 Å². The minimum atomic E-state index is -0.184. The van der Waals surface area contributed by atoms with Crippen LogP contribution in [0.25, 0.3) is 0 Å². The summed E-state index contributed by atoms with van der Waals surface area (Å²) in [5.74, 6) is 0.428. The Kier molecular flexibility index (Phi) is 6.88. The molecule has 1 saturated carbocycles. The highest BCUT2D eigenvalue weighted by Gasteiger charge is 2.45. The second-order valence-electron chi connectivity index (χ2n) is 8.01. The Labute approximate surface area is 166 Å². The predicted octanol–water partition coefficient (Wildman–Crippen LogP) is 1.61. The van der Waals surface area contributed by atoms with E-state index in [0.29, 0.717) is 6.54 Å². The SMILES string of the molecule is CN=C(NCCCN1CCCC(C(N)=O)C1)NCC1(c2ccccc2F)CC1. The lowest BCUT2D eigenvalue weighted by molar-refractivity contribution is -0.123. The van der Waals surface area contributed by atoms with Crippen molar-refractivity contribution in [3.8, 4) is 0 Å². The average Bonchev–Trinajstić information content (AvgIpc) is 3.49. The zero-order valence-corrected chi connectivity index (χ0v) is 16.7. The molecule has 1 aromatic rings. The quantitative estimate of drug-likeness (QED) is 0.358. The smallest absolute Gasteiger partial charge is 0.221 e. The van der Waals surface area contributed by atoms with Crippen LogP contribution >= 0.6 is 0 Å². The maximum atomic E-state index is 14.1. The Hall–Kier alpha value is -2.15. The zero-order valence-electron chi connectivity index (χ0n) is 16.7. The van der Waals surface area contributed by atoms with E-state index in [-0.39, 0.29) is 23.1 Å². The van der Waals surface area contributed by atoms with E-state index in [0.717, 1.165) is 69.8 Å². The monoisotopic (exact) mass is 389 g/mol. The van der Waals surface area contributed by atoms with Crippen molar-refractivity contribution in [2.24, 2.45) is 16.6 Å². The highest BCUT2D eigenvalue weighted by molar-refractivity contribution is 5.79. The molecule has 2 fully saturated rings. The minimum Gasteiger partial charge on any atom is -0.369 e. The summed E-state index contributed by atoms with van der Waals surface area (Å²) in [5, 5.41) is 6.69. The number of nitrogens with zero attached hydrogens (tertiary/aromatic N) is 2. The summed E-state index contributed by atoms with van der Waals surface area (Å²) < 4.78 is 14.1. The van der Waals surface area contributed by atoms with Gasteiger partial charge in [-0.25, -0.2) is 4.39 Å². The van der Waals surface area contributed by atoms with Gasteiger partial charge in [-0.15, -0.1) is 0 Å². The molecule has 4 N–H and O–H groups in total. The standard InChI is InChI=1S/C21H32FN5O/c1-24-20(25-11-5-13-27-12-4-6-16(14-27)19(23)28)26-15-21(9-10-21)17-7-2-3-8-18(17)22/h2-3,7-8,16H,4-6,9-15H2,1H3,(H2,23,28)(H2,24,25,26). The second kappa shape index (κ2) is 9.37. The van der Waals surface area contributed by atoms with E-state index >= 15 is 0 Å². The molecule has 1 atom stereocenters. The van der Waals surface area contributed by atoms with Crippen molar-refractivity contribution in [3.05, 3.63) is 35.6 Å². The van der Waals surface area contributed by atoms with Gasteiger partial charge in [0.05, 0.1) is 5.92 Å². The molecule has 6 nitrogen and oxygen atoms in total. The number of carbonyl (C=O) groups excluding carboxylic acids is 1. The van der Waals surface area contributed by atoms with Gasteiger partial charge in [-0.05, 0) is 56.8 Å². The number of amides is 1. The van der Waals surface area contributed by atoms with Crippen LogP contribution in [-0.2, 0) is 10.2 Å². The molecule has 1 aliphatic heterocycles. The number of nitrogens with one attached hydrogen (secondary N) is 2.